The molecule has 1 aromatic carbocycles. The summed E-state index contributed by atoms with van der Waals surface area (Å²) in [4.78, 5) is 12.2. The van der Waals surface area contributed by atoms with Crippen LogP contribution in [0.5, 0.6) is 5.75 Å². The van der Waals surface area contributed by atoms with Crippen LogP contribution >= 0.6 is 0 Å². The lowest BCUT2D eigenvalue weighted by atomic mass is 10.0. The Labute approximate surface area is 126 Å². The van der Waals surface area contributed by atoms with E-state index in [2.05, 4.69) is 20.3 Å². The fraction of sp³-hybridized carbons (Fsp3) is 0.333. The molecule has 0 aliphatic carbocycles. The predicted octanol–water partition coefficient (Wildman–Crippen LogP) is 3.20. The van der Waals surface area contributed by atoms with Crippen LogP contribution in [0.4, 0.5) is 8.78 Å². The summed E-state index contributed by atoms with van der Waals surface area (Å²) in [5.74, 6) is -0.251. The van der Waals surface area contributed by atoms with Crippen LogP contribution in [-0.4, -0.2) is 22.7 Å². The highest BCUT2D eigenvalue weighted by Gasteiger charge is 2.20. The number of ether oxygens (including phenoxy) is 1. The molecule has 22 heavy (non-hydrogen) atoms. The maximum Gasteiger partial charge on any atom is 0.387 e. The van der Waals surface area contributed by atoms with Gasteiger partial charge < -0.3 is 10.1 Å². The number of hydrogen-bond acceptors (Lipinski definition) is 3. The number of carbonyl (C=O) groups is 1. The average molecular weight is 309 g/mol. The molecule has 5 nitrogen and oxygen atoms in total. The molecule has 0 aliphatic heterocycles. The van der Waals surface area contributed by atoms with Gasteiger partial charge in [0.1, 0.15) is 5.75 Å². The summed E-state index contributed by atoms with van der Waals surface area (Å²) in [6, 6.07) is 6.01. The fourth-order valence-corrected chi connectivity index (χ4v) is 2.19. The number of halogens is 2. The van der Waals surface area contributed by atoms with E-state index in [4.69, 9.17) is 0 Å². The molecule has 0 saturated carbocycles. The average Bonchev–Trinajstić information content (AvgIpc) is 2.91. The number of aryl methyl sites for hydroxylation is 1. The molecule has 1 heterocycles. The Kier molecular flexibility index (Phi) is 5.08. The van der Waals surface area contributed by atoms with E-state index in [1.165, 1.54) is 12.3 Å². The smallest absolute Gasteiger partial charge is 0.387 e. The quantitative estimate of drug-likeness (QED) is 0.861. The van der Waals surface area contributed by atoms with Crippen LogP contribution in [0.1, 0.15) is 41.0 Å². The molecule has 1 aromatic heterocycles. The Balaban J connectivity index is 2.22. The van der Waals surface area contributed by atoms with Crippen molar-refractivity contribution in [2.75, 3.05) is 0 Å². The fourth-order valence-electron chi connectivity index (χ4n) is 2.19. The highest BCUT2D eigenvalue weighted by Crippen LogP contribution is 2.28. The number of H-pyrrole nitrogens is 1. The van der Waals surface area contributed by atoms with Crippen molar-refractivity contribution < 1.29 is 18.3 Å². The van der Waals surface area contributed by atoms with Crippen molar-refractivity contribution in [2.24, 2.45) is 0 Å². The van der Waals surface area contributed by atoms with Gasteiger partial charge in [-0.15, -0.1) is 0 Å². The van der Waals surface area contributed by atoms with E-state index in [0.29, 0.717) is 23.2 Å². The predicted molar refractivity (Wildman–Crippen MR) is 76.9 cm³/mol. The minimum absolute atomic E-state index is 0.0635. The van der Waals surface area contributed by atoms with Gasteiger partial charge in [0.25, 0.3) is 5.91 Å². The highest BCUT2D eigenvalue weighted by molar-refractivity contribution is 5.95. The Morgan fingerprint density at radius 3 is 2.73 bits per heavy atom. The minimum Gasteiger partial charge on any atom is -0.434 e. The van der Waals surface area contributed by atoms with Crippen molar-refractivity contribution in [2.45, 2.75) is 32.9 Å². The monoisotopic (exact) mass is 309 g/mol. The summed E-state index contributed by atoms with van der Waals surface area (Å²) < 4.78 is 29.5. The summed E-state index contributed by atoms with van der Waals surface area (Å²) >= 11 is 0. The number of aromatic amines is 1. The molecular weight excluding hydrogens is 292 g/mol. The van der Waals surface area contributed by atoms with Gasteiger partial charge in [0.05, 0.1) is 17.8 Å². The molecule has 0 spiro atoms. The summed E-state index contributed by atoms with van der Waals surface area (Å²) in [6.45, 7) is 0.675. The summed E-state index contributed by atoms with van der Waals surface area (Å²) in [6.07, 6.45) is 1.96. The van der Waals surface area contributed by atoms with Crippen LogP contribution < -0.4 is 10.1 Å². The first kappa shape index (κ1) is 15.9. The molecule has 1 amide bonds. The number of para-hydroxylation sites is 1. The molecule has 2 rings (SSSR count). The van der Waals surface area contributed by atoms with Gasteiger partial charge in [-0.05, 0) is 19.4 Å². The Morgan fingerprint density at radius 2 is 2.14 bits per heavy atom. The highest BCUT2D eigenvalue weighted by atomic mass is 19.3. The molecule has 2 N–H and O–H groups in total. The number of aromatic nitrogens is 2. The number of alkyl halides is 2. The van der Waals surface area contributed by atoms with Crippen LogP contribution in [-0.2, 0) is 0 Å². The van der Waals surface area contributed by atoms with Crippen LogP contribution in [0, 0.1) is 6.92 Å². The van der Waals surface area contributed by atoms with Crippen LogP contribution in [0.2, 0.25) is 0 Å². The first-order chi connectivity index (χ1) is 10.5. The van der Waals surface area contributed by atoms with Gasteiger partial charge in [0.2, 0.25) is 0 Å². The van der Waals surface area contributed by atoms with Crippen molar-refractivity contribution in [3.8, 4) is 5.75 Å². The first-order valence-corrected chi connectivity index (χ1v) is 6.87. The molecule has 7 heteroatoms. The SMILES string of the molecule is CC[C@H](NC(=O)c1cn[nH]c1C)c1ccccc1OC(F)F. The van der Waals surface area contributed by atoms with E-state index in [0.717, 1.165) is 0 Å². The van der Waals surface area contributed by atoms with Crippen molar-refractivity contribution in [1.29, 1.82) is 0 Å². The number of hydrogen-bond donors (Lipinski definition) is 2. The number of nitrogens with one attached hydrogen (secondary N) is 2. The summed E-state index contributed by atoms with van der Waals surface area (Å²) in [7, 11) is 0. The van der Waals surface area contributed by atoms with Crippen molar-refractivity contribution >= 4 is 5.91 Å². The number of amides is 1. The number of rotatable bonds is 6. The van der Waals surface area contributed by atoms with Crippen molar-refractivity contribution in [3.05, 3.63) is 47.3 Å². The summed E-state index contributed by atoms with van der Waals surface area (Å²) in [5.41, 5.74) is 1.58. The number of benzene rings is 1. The second kappa shape index (κ2) is 7.02. The van der Waals surface area contributed by atoms with E-state index < -0.39 is 12.7 Å². The van der Waals surface area contributed by atoms with E-state index in [9.17, 15) is 13.6 Å². The largest absolute Gasteiger partial charge is 0.434 e. The zero-order chi connectivity index (χ0) is 16.1. The van der Waals surface area contributed by atoms with E-state index in [-0.39, 0.29) is 11.7 Å². The number of nitrogens with zero attached hydrogens (tertiary/aromatic N) is 1. The van der Waals surface area contributed by atoms with Gasteiger partial charge in [0.15, 0.2) is 0 Å². The molecule has 0 saturated heterocycles. The lowest BCUT2D eigenvalue weighted by molar-refractivity contribution is -0.0506. The molecular formula is C15H17F2N3O2. The topological polar surface area (TPSA) is 67.0 Å². The van der Waals surface area contributed by atoms with Crippen molar-refractivity contribution in [3.63, 3.8) is 0 Å². The third-order valence-electron chi connectivity index (χ3n) is 3.30. The van der Waals surface area contributed by atoms with Gasteiger partial charge in [-0.1, -0.05) is 25.1 Å². The van der Waals surface area contributed by atoms with Gasteiger partial charge in [0, 0.05) is 11.3 Å². The van der Waals surface area contributed by atoms with Crippen LogP contribution in [0.3, 0.4) is 0 Å². The molecule has 0 aliphatic rings. The van der Waals surface area contributed by atoms with Gasteiger partial charge in [-0.3, -0.25) is 9.89 Å². The van der Waals surface area contributed by atoms with E-state index in [1.54, 1.807) is 25.1 Å². The Bertz CT molecular complexity index is 643. The Morgan fingerprint density at radius 1 is 1.41 bits per heavy atom. The lowest BCUT2D eigenvalue weighted by Gasteiger charge is -2.20. The lowest BCUT2D eigenvalue weighted by Crippen LogP contribution is -2.28. The molecule has 0 radical (unpaired) electrons. The standard InChI is InChI=1S/C15H17F2N3O2/c1-3-12(19-14(21)11-8-18-20-9(11)2)10-6-4-5-7-13(10)22-15(16)17/h4-8,12,15H,3H2,1-2H3,(H,18,20)(H,19,21)/t12-/m0/s1. The molecule has 2 aromatic rings. The normalized spacial score (nSPS) is 12.2. The second-order valence-corrected chi connectivity index (χ2v) is 4.76. The second-order valence-electron chi connectivity index (χ2n) is 4.76. The zero-order valence-corrected chi connectivity index (χ0v) is 12.3. The maximum atomic E-state index is 12.5. The molecule has 0 unspecified atom stereocenters. The first-order valence-electron chi connectivity index (χ1n) is 6.87. The van der Waals surface area contributed by atoms with Gasteiger partial charge in [-0.2, -0.15) is 13.9 Å². The maximum absolute atomic E-state index is 12.5. The minimum atomic E-state index is -2.91. The van der Waals surface area contributed by atoms with Crippen molar-refractivity contribution in [1.82, 2.24) is 15.5 Å². The zero-order valence-electron chi connectivity index (χ0n) is 12.3. The molecule has 0 bridgehead atoms. The Hall–Kier alpha value is -2.44. The van der Waals surface area contributed by atoms with E-state index in [1.807, 2.05) is 6.92 Å². The van der Waals surface area contributed by atoms with Gasteiger partial charge >= 0.3 is 6.61 Å². The molecule has 1 atom stereocenters. The number of carbonyl (C=O) groups excluding carboxylic acids is 1. The van der Waals surface area contributed by atoms with Crippen LogP contribution in [0.15, 0.2) is 30.5 Å². The molecule has 118 valence electrons. The van der Waals surface area contributed by atoms with E-state index >= 15 is 0 Å². The van der Waals surface area contributed by atoms with Gasteiger partial charge in [-0.25, -0.2) is 0 Å². The summed E-state index contributed by atoms with van der Waals surface area (Å²) in [5, 5.41) is 9.30. The van der Waals surface area contributed by atoms with Crippen LogP contribution in [0.25, 0.3) is 0 Å². The molecule has 0 fully saturated rings. The third kappa shape index (κ3) is 3.60. The third-order valence-corrected chi connectivity index (χ3v) is 3.30.